The van der Waals surface area contributed by atoms with Crippen LogP contribution in [0.2, 0.25) is 0 Å². The summed E-state index contributed by atoms with van der Waals surface area (Å²) in [5, 5.41) is 4.25. The highest BCUT2D eigenvalue weighted by Gasteiger charge is 2.13. The van der Waals surface area contributed by atoms with Crippen molar-refractivity contribution in [3.8, 4) is 22.9 Å². The Hall–Kier alpha value is -4.28. The number of hydrogen-bond acceptors (Lipinski definition) is 10. The van der Waals surface area contributed by atoms with Crippen molar-refractivity contribution in [1.82, 2.24) is 24.7 Å². The van der Waals surface area contributed by atoms with Gasteiger partial charge in [-0.25, -0.2) is 4.98 Å². The fraction of sp³-hybridized carbons (Fsp3) is 0.273. The largest absolute Gasteiger partial charge is 0.493 e. The second-order valence-electron chi connectivity index (χ2n) is 6.99. The van der Waals surface area contributed by atoms with Crippen LogP contribution < -0.4 is 15.0 Å². The van der Waals surface area contributed by atoms with E-state index in [0.29, 0.717) is 46.8 Å². The first-order valence-electron chi connectivity index (χ1n) is 10.1. The summed E-state index contributed by atoms with van der Waals surface area (Å²) in [4.78, 5) is 37.3. The van der Waals surface area contributed by atoms with Crippen LogP contribution in [0.4, 0.5) is 0 Å². The standard InChI is InChI=1S/C22H21N5O6/c1-30-17-9-15-16(10-18(17)31-2)24-13-27(22(15)29)8-4-6-20(28)32-12-19-25-21(26-33-19)14-5-3-7-23-11-14/h3,5,7,9-11,13H,4,6,8,12H2,1-2H3. The first-order valence-corrected chi connectivity index (χ1v) is 10.1. The summed E-state index contributed by atoms with van der Waals surface area (Å²) in [6.07, 6.45) is 5.20. The zero-order valence-corrected chi connectivity index (χ0v) is 18.1. The van der Waals surface area contributed by atoms with Gasteiger partial charge in [0.2, 0.25) is 5.82 Å². The Morgan fingerprint density at radius 2 is 2.00 bits per heavy atom. The molecule has 0 saturated heterocycles. The molecule has 0 bridgehead atoms. The van der Waals surface area contributed by atoms with Gasteiger partial charge in [-0.05, 0) is 24.6 Å². The molecule has 0 N–H and O–H groups in total. The van der Waals surface area contributed by atoms with E-state index in [9.17, 15) is 9.59 Å². The molecule has 0 unspecified atom stereocenters. The minimum Gasteiger partial charge on any atom is -0.493 e. The number of rotatable bonds is 9. The molecule has 1 aromatic carbocycles. The Labute approximate surface area is 187 Å². The number of aromatic nitrogens is 5. The van der Waals surface area contributed by atoms with E-state index >= 15 is 0 Å². The first-order chi connectivity index (χ1) is 16.1. The van der Waals surface area contributed by atoms with E-state index in [1.807, 2.05) is 0 Å². The summed E-state index contributed by atoms with van der Waals surface area (Å²) in [6, 6.07) is 6.80. The van der Waals surface area contributed by atoms with E-state index in [-0.39, 0.29) is 24.5 Å². The second kappa shape index (κ2) is 9.90. The Bertz CT molecular complexity index is 1320. The smallest absolute Gasteiger partial charge is 0.306 e. The third-order valence-corrected chi connectivity index (χ3v) is 4.85. The Balaban J connectivity index is 1.32. The Morgan fingerprint density at radius 3 is 2.76 bits per heavy atom. The summed E-state index contributed by atoms with van der Waals surface area (Å²) in [7, 11) is 3.01. The molecule has 11 nitrogen and oxygen atoms in total. The predicted octanol–water partition coefficient (Wildman–Crippen LogP) is 2.38. The van der Waals surface area contributed by atoms with Gasteiger partial charge < -0.3 is 18.7 Å². The molecule has 4 rings (SSSR count). The third-order valence-electron chi connectivity index (χ3n) is 4.85. The highest BCUT2D eigenvalue weighted by Crippen LogP contribution is 2.29. The molecule has 170 valence electrons. The van der Waals surface area contributed by atoms with Crippen molar-refractivity contribution < 1.29 is 23.5 Å². The lowest BCUT2D eigenvalue weighted by molar-refractivity contribution is -0.145. The molecule has 33 heavy (non-hydrogen) atoms. The van der Waals surface area contributed by atoms with Gasteiger partial charge in [-0.15, -0.1) is 0 Å². The van der Waals surface area contributed by atoms with Crippen LogP contribution in [-0.2, 0) is 22.7 Å². The molecular weight excluding hydrogens is 430 g/mol. The van der Waals surface area contributed by atoms with Crippen LogP contribution in [0.5, 0.6) is 11.5 Å². The monoisotopic (exact) mass is 451 g/mol. The molecule has 3 aromatic heterocycles. The SMILES string of the molecule is COc1cc2ncn(CCCC(=O)OCc3nc(-c4cccnc4)no3)c(=O)c2cc1OC. The van der Waals surface area contributed by atoms with Crippen molar-refractivity contribution in [3.05, 3.63) is 59.2 Å². The van der Waals surface area contributed by atoms with Crippen molar-refractivity contribution in [3.63, 3.8) is 0 Å². The molecule has 3 heterocycles. The molecule has 0 radical (unpaired) electrons. The number of esters is 1. The van der Waals surface area contributed by atoms with Crippen LogP contribution in [0.1, 0.15) is 18.7 Å². The zero-order valence-electron chi connectivity index (χ0n) is 18.1. The minimum absolute atomic E-state index is 0.111. The van der Waals surface area contributed by atoms with Gasteiger partial charge in [0.15, 0.2) is 18.1 Å². The molecular formula is C22H21N5O6. The number of carbonyl (C=O) groups is 1. The minimum atomic E-state index is -0.440. The molecule has 0 amide bonds. The van der Waals surface area contributed by atoms with Crippen LogP contribution in [-0.4, -0.2) is 44.9 Å². The molecule has 0 saturated carbocycles. The topological polar surface area (TPSA) is 131 Å². The molecule has 0 aliphatic carbocycles. The molecule has 0 aliphatic heterocycles. The van der Waals surface area contributed by atoms with Crippen LogP contribution >= 0.6 is 0 Å². The van der Waals surface area contributed by atoms with Crippen molar-refractivity contribution >= 4 is 16.9 Å². The van der Waals surface area contributed by atoms with Crippen molar-refractivity contribution in [1.29, 1.82) is 0 Å². The maximum atomic E-state index is 12.8. The normalized spacial score (nSPS) is 10.8. The number of ether oxygens (including phenoxy) is 3. The molecule has 0 atom stereocenters. The van der Waals surface area contributed by atoms with Gasteiger partial charge in [-0.3, -0.25) is 19.1 Å². The Kier molecular flexibility index (Phi) is 6.58. The number of methoxy groups -OCH3 is 2. The highest BCUT2D eigenvalue weighted by molar-refractivity contribution is 5.81. The van der Waals surface area contributed by atoms with Gasteiger partial charge in [0.05, 0.1) is 31.4 Å². The van der Waals surface area contributed by atoms with Gasteiger partial charge in [0, 0.05) is 37.0 Å². The number of hydrogen-bond donors (Lipinski definition) is 0. The summed E-state index contributed by atoms with van der Waals surface area (Å²) in [6.45, 7) is 0.169. The lowest BCUT2D eigenvalue weighted by Crippen LogP contribution is -2.21. The molecule has 0 fully saturated rings. The van der Waals surface area contributed by atoms with E-state index in [4.69, 9.17) is 18.7 Å². The summed E-state index contributed by atoms with van der Waals surface area (Å²) in [5.74, 6) is 1.04. The molecule has 4 aromatic rings. The average molecular weight is 451 g/mol. The lowest BCUT2D eigenvalue weighted by atomic mass is 10.2. The van der Waals surface area contributed by atoms with Gasteiger partial charge >= 0.3 is 5.97 Å². The van der Waals surface area contributed by atoms with Crippen LogP contribution in [0.15, 0.2) is 52.3 Å². The van der Waals surface area contributed by atoms with Crippen molar-refractivity contribution in [2.24, 2.45) is 0 Å². The predicted molar refractivity (Wildman–Crippen MR) is 116 cm³/mol. The van der Waals surface area contributed by atoms with Crippen LogP contribution in [0, 0.1) is 0 Å². The number of aryl methyl sites for hydroxylation is 1. The van der Waals surface area contributed by atoms with Gasteiger partial charge in [0.25, 0.3) is 11.4 Å². The molecule has 0 aliphatic rings. The van der Waals surface area contributed by atoms with E-state index in [2.05, 4.69) is 20.1 Å². The molecule has 11 heteroatoms. The maximum Gasteiger partial charge on any atom is 0.306 e. The van der Waals surface area contributed by atoms with Gasteiger partial charge in [-0.1, -0.05) is 5.16 Å². The van der Waals surface area contributed by atoms with Gasteiger partial charge in [0.1, 0.15) is 0 Å². The number of carbonyl (C=O) groups excluding carboxylic acids is 1. The van der Waals surface area contributed by atoms with Crippen molar-refractivity contribution in [2.45, 2.75) is 26.0 Å². The highest BCUT2D eigenvalue weighted by atomic mass is 16.6. The summed E-state index contributed by atoms with van der Waals surface area (Å²) < 4.78 is 22.2. The van der Waals surface area contributed by atoms with E-state index in [1.54, 1.807) is 36.7 Å². The van der Waals surface area contributed by atoms with Gasteiger partial charge in [-0.2, -0.15) is 4.98 Å². The van der Waals surface area contributed by atoms with E-state index in [0.717, 1.165) is 0 Å². The number of nitrogens with zero attached hydrogens (tertiary/aromatic N) is 5. The number of pyridine rings is 1. The van der Waals surface area contributed by atoms with Crippen LogP contribution in [0.3, 0.4) is 0 Å². The quantitative estimate of drug-likeness (QED) is 0.349. The fourth-order valence-electron chi connectivity index (χ4n) is 3.18. The fourth-order valence-corrected chi connectivity index (χ4v) is 3.18. The van der Waals surface area contributed by atoms with E-state index < -0.39 is 5.97 Å². The van der Waals surface area contributed by atoms with E-state index in [1.165, 1.54) is 25.1 Å². The first kappa shape index (κ1) is 21.9. The number of fused-ring (bicyclic) bond motifs is 1. The number of benzene rings is 1. The van der Waals surface area contributed by atoms with Crippen LogP contribution in [0.25, 0.3) is 22.3 Å². The lowest BCUT2D eigenvalue weighted by Gasteiger charge is -2.10. The third kappa shape index (κ3) is 4.97. The Morgan fingerprint density at radius 1 is 1.18 bits per heavy atom. The maximum absolute atomic E-state index is 12.8. The molecule has 0 spiro atoms. The average Bonchev–Trinajstić information content (AvgIpc) is 3.33. The summed E-state index contributed by atoms with van der Waals surface area (Å²) >= 11 is 0. The second-order valence-corrected chi connectivity index (χ2v) is 6.99. The van der Waals surface area contributed by atoms with Crippen molar-refractivity contribution in [2.75, 3.05) is 14.2 Å². The summed E-state index contributed by atoms with van der Waals surface area (Å²) in [5.41, 5.74) is 0.964. The zero-order chi connectivity index (χ0) is 23.2.